The molecule has 0 unspecified atom stereocenters. The van der Waals surface area contributed by atoms with Crippen LogP contribution in [0, 0.1) is 0 Å². The molecule has 1 aromatic rings. The molecule has 2 rings (SSSR count). The lowest BCUT2D eigenvalue weighted by Gasteiger charge is -2.29. The number of anilines is 1. The highest BCUT2D eigenvalue weighted by Crippen LogP contribution is 2.30. The number of rotatable bonds is 3. The Labute approximate surface area is 136 Å². The van der Waals surface area contributed by atoms with Crippen molar-refractivity contribution in [2.24, 2.45) is 0 Å². The molecule has 1 amide bonds. The average molecular weight is 329 g/mol. The molecular formula is C16H22Cl2N2O. The van der Waals surface area contributed by atoms with Crippen LogP contribution < -0.4 is 5.32 Å². The van der Waals surface area contributed by atoms with Gasteiger partial charge in [0.15, 0.2) is 0 Å². The number of para-hydroxylation sites is 1. The summed E-state index contributed by atoms with van der Waals surface area (Å²) in [5.74, 6) is -0.0504. The van der Waals surface area contributed by atoms with Gasteiger partial charge in [-0.15, -0.1) is 0 Å². The SMILES string of the molecule is C[C@@H](C(=O)Nc1c(Cl)cccc1Cl)N1CCCCCCC1. The van der Waals surface area contributed by atoms with Gasteiger partial charge in [0.05, 0.1) is 21.8 Å². The number of hydrogen-bond acceptors (Lipinski definition) is 2. The van der Waals surface area contributed by atoms with Crippen LogP contribution in [0.25, 0.3) is 0 Å². The van der Waals surface area contributed by atoms with Crippen LogP contribution in [0.15, 0.2) is 18.2 Å². The van der Waals surface area contributed by atoms with Gasteiger partial charge < -0.3 is 5.32 Å². The summed E-state index contributed by atoms with van der Waals surface area (Å²) < 4.78 is 0. The van der Waals surface area contributed by atoms with Gasteiger partial charge in [-0.25, -0.2) is 0 Å². The summed E-state index contributed by atoms with van der Waals surface area (Å²) in [5.41, 5.74) is 0.504. The van der Waals surface area contributed by atoms with Crippen molar-refractivity contribution >= 4 is 34.8 Å². The van der Waals surface area contributed by atoms with Crippen LogP contribution in [0.2, 0.25) is 10.0 Å². The normalized spacial score (nSPS) is 18.6. The Hall–Kier alpha value is -0.770. The third-order valence-electron chi connectivity index (χ3n) is 4.03. The minimum atomic E-state index is -0.171. The summed E-state index contributed by atoms with van der Waals surface area (Å²) in [6.07, 6.45) is 6.13. The van der Waals surface area contributed by atoms with Crippen molar-refractivity contribution in [2.75, 3.05) is 18.4 Å². The first-order chi connectivity index (χ1) is 10.1. The average Bonchev–Trinajstić information content (AvgIpc) is 2.42. The second-order valence-corrected chi connectivity index (χ2v) is 6.38. The Bertz CT molecular complexity index is 465. The van der Waals surface area contributed by atoms with Crippen LogP contribution in [-0.4, -0.2) is 29.9 Å². The van der Waals surface area contributed by atoms with Crippen molar-refractivity contribution < 1.29 is 4.79 Å². The fraction of sp³-hybridized carbons (Fsp3) is 0.562. The Morgan fingerprint density at radius 2 is 1.62 bits per heavy atom. The van der Waals surface area contributed by atoms with Gasteiger partial charge in [0.1, 0.15) is 0 Å². The molecule has 1 aromatic carbocycles. The molecule has 116 valence electrons. The molecule has 0 aliphatic carbocycles. The molecule has 0 radical (unpaired) electrons. The summed E-state index contributed by atoms with van der Waals surface area (Å²) in [6.45, 7) is 3.90. The van der Waals surface area contributed by atoms with Crippen LogP contribution in [-0.2, 0) is 4.79 Å². The number of likely N-dealkylation sites (tertiary alicyclic amines) is 1. The highest BCUT2D eigenvalue weighted by Gasteiger charge is 2.22. The van der Waals surface area contributed by atoms with Crippen molar-refractivity contribution in [3.63, 3.8) is 0 Å². The van der Waals surface area contributed by atoms with Crippen molar-refractivity contribution in [1.82, 2.24) is 4.90 Å². The van der Waals surface area contributed by atoms with Gasteiger partial charge >= 0.3 is 0 Å². The maximum atomic E-state index is 12.4. The number of hydrogen-bond donors (Lipinski definition) is 1. The van der Waals surface area contributed by atoms with E-state index in [0.29, 0.717) is 15.7 Å². The minimum absolute atomic E-state index is 0.0504. The lowest BCUT2D eigenvalue weighted by atomic mass is 10.1. The van der Waals surface area contributed by atoms with Gasteiger partial charge in [-0.3, -0.25) is 9.69 Å². The summed E-state index contributed by atoms with van der Waals surface area (Å²) in [6, 6.07) is 5.05. The molecule has 3 nitrogen and oxygen atoms in total. The van der Waals surface area contributed by atoms with E-state index in [1.54, 1.807) is 18.2 Å². The zero-order valence-electron chi connectivity index (χ0n) is 12.4. The van der Waals surface area contributed by atoms with E-state index < -0.39 is 0 Å². The van der Waals surface area contributed by atoms with Gasteiger partial charge in [0.25, 0.3) is 0 Å². The van der Waals surface area contributed by atoms with Gasteiger partial charge in [0, 0.05) is 0 Å². The Morgan fingerprint density at radius 1 is 1.10 bits per heavy atom. The summed E-state index contributed by atoms with van der Waals surface area (Å²) in [5, 5.41) is 3.80. The first-order valence-corrected chi connectivity index (χ1v) is 8.34. The number of carbonyl (C=O) groups excluding carboxylic acids is 1. The summed E-state index contributed by atoms with van der Waals surface area (Å²) >= 11 is 12.2. The van der Waals surface area contributed by atoms with E-state index in [1.807, 2.05) is 6.92 Å². The molecular weight excluding hydrogens is 307 g/mol. The number of nitrogens with one attached hydrogen (secondary N) is 1. The van der Waals surface area contributed by atoms with Crippen LogP contribution in [0.3, 0.4) is 0 Å². The second-order valence-electron chi connectivity index (χ2n) is 5.57. The number of amides is 1. The topological polar surface area (TPSA) is 32.3 Å². The molecule has 0 bridgehead atoms. The van der Waals surface area contributed by atoms with Crippen molar-refractivity contribution in [1.29, 1.82) is 0 Å². The first-order valence-electron chi connectivity index (χ1n) is 7.58. The van der Waals surface area contributed by atoms with E-state index in [-0.39, 0.29) is 11.9 Å². The highest BCUT2D eigenvalue weighted by atomic mass is 35.5. The maximum absolute atomic E-state index is 12.4. The molecule has 1 fully saturated rings. The fourth-order valence-electron chi connectivity index (χ4n) is 2.67. The van der Waals surface area contributed by atoms with E-state index >= 15 is 0 Å². The van der Waals surface area contributed by atoms with Gasteiger partial charge in [-0.2, -0.15) is 0 Å². The van der Waals surface area contributed by atoms with Crippen LogP contribution >= 0.6 is 23.2 Å². The highest BCUT2D eigenvalue weighted by molar-refractivity contribution is 6.39. The van der Waals surface area contributed by atoms with Crippen LogP contribution in [0.4, 0.5) is 5.69 Å². The molecule has 21 heavy (non-hydrogen) atoms. The number of benzene rings is 1. The quantitative estimate of drug-likeness (QED) is 0.880. The third kappa shape index (κ3) is 4.60. The Morgan fingerprint density at radius 3 is 2.19 bits per heavy atom. The first kappa shape index (κ1) is 16.6. The summed E-state index contributed by atoms with van der Waals surface area (Å²) in [4.78, 5) is 14.7. The number of halogens is 2. The van der Waals surface area contributed by atoms with E-state index in [2.05, 4.69) is 10.2 Å². The van der Waals surface area contributed by atoms with Crippen molar-refractivity contribution in [2.45, 2.75) is 45.1 Å². The van der Waals surface area contributed by atoms with E-state index in [1.165, 1.54) is 19.3 Å². The molecule has 1 aliphatic heterocycles. The van der Waals surface area contributed by atoms with E-state index in [0.717, 1.165) is 25.9 Å². The van der Waals surface area contributed by atoms with Crippen molar-refractivity contribution in [3.8, 4) is 0 Å². The standard InChI is InChI=1S/C16H22Cl2N2O/c1-12(20-10-5-3-2-4-6-11-20)16(21)19-15-13(17)8-7-9-14(15)18/h7-9,12H,2-6,10-11H2,1H3,(H,19,21)/t12-/m0/s1. The predicted molar refractivity (Wildman–Crippen MR) is 89.2 cm³/mol. The molecule has 0 spiro atoms. The van der Waals surface area contributed by atoms with E-state index in [4.69, 9.17) is 23.2 Å². The summed E-state index contributed by atoms with van der Waals surface area (Å²) in [7, 11) is 0. The molecule has 1 heterocycles. The number of nitrogens with zero attached hydrogens (tertiary/aromatic N) is 1. The zero-order valence-corrected chi connectivity index (χ0v) is 13.9. The zero-order chi connectivity index (χ0) is 15.2. The fourth-order valence-corrected chi connectivity index (χ4v) is 3.16. The predicted octanol–water partition coefficient (Wildman–Crippen LogP) is 4.59. The molecule has 1 saturated heterocycles. The second kappa shape index (κ2) is 8.02. The van der Waals surface area contributed by atoms with Crippen LogP contribution in [0.5, 0.6) is 0 Å². The van der Waals surface area contributed by atoms with Gasteiger partial charge in [-0.1, -0.05) is 48.5 Å². The monoisotopic (exact) mass is 328 g/mol. The van der Waals surface area contributed by atoms with Gasteiger partial charge in [-0.05, 0) is 45.0 Å². The maximum Gasteiger partial charge on any atom is 0.241 e. The smallest absolute Gasteiger partial charge is 0.241 e. The van der Waals surface area contributed by atoms with Crippen LogP contribution in [0.1, 0.15) is 39.0 Å². The van der Waals surface area contributed by atoms with Gasteiger partial charge in [0.2, 0.25) is 5.91 Å². The molecule has 1 aliphatic rings. The lowest BCUT2D eigenvalue weighted by molar-refractivity contribution is -0.120. The Balaban J connectivity index is 2.01. The minimum Gasteiger partial charge on any atom is -0.322 e. The molecule has 1 atom stereocenters. The molecule has 1 N–H and O–H groups in total. The molecule has 0 aromatic heterocycles. The third-order valence-corrected chi connectivity index (χ3v) is 4.66. The number of carbonyl (C=O) groups is 1. The lowest BCUT2D eigenvalue weighted by Crippen LogP contribution is -2.43. The largest absolute Gasteiger partial charge is 0.322 e. The van der Waals surface area contributed by atoms with E-state index in [9.17, 15) is 4.79 Å². The Kier molecular flexibility index (Phi) is 6.34. The molecule has 5 heteroatoms. The van der Waals surface area contributed by atoms with Crippen molar-refractivity contribution in [3.05, 3.63) is 28.2 Å². The molecule has 0 saturated carbocycles.